The van der Waals surface area contributed by atoms with Crippen molar-refractivity contribution >= 4 is 23.3 Å². The number of hydrogen-bond donors (Lipinski definition) is 1. The first-order valence-corrected chi connectivity index (χ1v) is 6.69. The van der Waals surface area contributed by atoms with Crippen molar-refractivity contribution in [2.45, 2.75) is 25.0 Å². The fraction of sp³-hybridized carbons (Fsp3) is 0.545. The molecule has 0 spiro atoms. The van der Waals surface area contributed by atoms with E-state index in [1.807, 2.05) is 11.8 Å². The normalized spacial score (nSPS) is 19.2. The van der Waals surface area contributed by atoms with E-state index in [0.29, 0.717) is 16.6 Å². The summed E-state index contributed by atoms with van der Waals surface area (Å²) in [6, 6.07) is 1.66. The van der Waals surface area contributed by atoms with Gasteiger partial charge in [0.2, 0.25) is 5.82 Å². The van der Waals surface area contributed by atoms with Crippen LogP contribution in [0.25, 0.3) is 0 Å². The van der Waals surface area contributed by atoms with Gasteiger partial charge < -0.3 is 5.32 Å². The molecule has 0 amide bonds. The van der Waals surface area contributed by atoms with Crippen LogP contribution in [-0.2, 0) is 0 Å². The van der Waals surface area contributed by atoms with Crippen molar-refractivity contribution in [3.05, 3.63) is 27.9 Å². The number of rotatable bonds is 4. The molecule has 0 bridgehead atoms. The van der Waals surface area contributed by atoms with Crippen molar-refractivity contribution in [1.29, 1.82) is 0 Å². The highest BCUT2D eigenvalue weighted by molar-refractivity contribution is 8.00. The van der Waals surface area contributed by atoms with Crippen LogP contribution in [0.3, 0.4) is 0 Å². The molecule has 2 rings (SSSR count). The maximum absolute atomic E-state index is 11.0. The van der Waals surface area contributed by atoms with E-state index in [2.05, 4.69) is 10.3 Å². The summed E-state index contributed by atoms with van der Waals surface area (Å²) in [6.45, 7) is 2.48. The topological polar surface area (TPSA) is 68.1 Å². The maximum Gasteiger partial charge on any atom is 0.314 e. The lowest BCUT2D eigenvalue weighted by Crippen LogP contribution is -2.15. The Balaban J connectivity index is 2.09. The zero-order chi connectivity index (χ0) is 12.3. The number of pyridine rings is 1. The average molecular weight is 253 g/mol. The number of nitro groups is 1. The van der Waals surface area contributed by atoms with E-state index >= 15 is 0 Å². The van der Waals surface area contributed by atoms with Crippen LogP contribution in [0.2, 0.25) is 0 Å². The van der Waals surface area contributed by atoms with Crippen LogP contribution in [0.5, 0.6) is 0 Å². The zero-order valence-corrected chi connectivity index (χ0v) is 10.5. The second-order valence-corrected chi connectivity index (χ2v) is 5.51. The Morgan fingerprint density at radius 3 is 3.18 bits per heavy atom. The molecule has 5 nitrogen and oxygen atoms in total. The molecule has 0 radical (unpaired) electrons. The van der Waals surface area contributed by atoms with Gasteiger partial charge in [-0.2, -0.15) is 11.8 Å². The van der Waals surface area contributed by atoms with E-state index in [9.17, 15) is 10.1 Å². The van der Waals surface area contributed by atoms with Gasteiger partial charge in [0.05, 0.1) is 4.92 Å². The summed E-state index contributed by atoms with van der Waals surface area (Å²) in [5.74, 6) is 1.58. The first kappa shape index (κ1) is 12.2. The summed E-state index contributed by atoms with van der Waals surface area (Å²) in [5.41, 5.74) is 0.738. The van der Waals surface area contributed by atoms with Crippen LogP contribution < -0.4 is 5.32 Å². The minimum Gasteiger partial charge on any atom is -0.363 e. The second kappa shape index (κ2) is 5.35. The van der Waals surface area contributed by atoms with Crippen molar-refractivity contribution in [2.24, 2.45) is 0 Å². The van der Waals surface area contributed by atoms with Gasteiger partial charge in [0.25, 0.3) is 0 Å². The van der Waals surface area contributed by atoms with Gasteiger partial charge in [0, 0.05) is 23.6 Å². The predicted octanol–water partition coefficient (Wildman–Crippen LogP) is 2.61. The van der Waals surface area contributed by atoms with Crippen molar-refractivity contribution < 1.29 is 4.92 Å². The summed E-state index contributed by atoms with van der Waals surface area (Å²) in [6.07, 6.45) is 4.02. The third-order valence-electron chi connectivity index (χ3n) is 2.83. The molecule has 1 atom stereocenters. The summed E-state index contributed by atoms with van der Waals surface area (Å²) in [5, 5.41) is 14.6. The molecule has 1 N–H and O–H groups in total. The summed E-state index contributed by atoms with van der Waals surface area (Å²) >= 11 is 1.92. The molecule has 1 aromatic heterocycles. The zero-order valence-electron chi connectivity index (χ0n) is 9.68. The molecule has 1 saturated heterocycles. The van der Waals surface area contributed by atoms with E-state index in [4.69, 9.17) is 0 Å². The van der Waals surface area contributed by atoms with Crippen molar-refractivity contribution in [3.63, 3.8) is 0 Å². The summed E-state index contributed by atoms with van der Waals surface area (Å²) in [4.78, 5) is 14.7. The largest absolute Gasteiger partial charge is 0.363 e. The number of aromatic nitrogens is 1. The van der Waals surface area contributed by atoms with E-state index < -0.39 is 0 Å². The van der Waals surface area contributed by atoms with Crippen LogP contribution in [0.4, 0.5) is 11.5 Å². The van der Waals surface area contributed by atoms with Gasteiger partial charge in [0.15, 0.2) is 0 Å². The van der Waals surface area contributed by atoms with Crippen LogP contribution >= 0.6 is 11.8 Å². The van der Waals surface area contributed by atoms with Crippen LogP contribution in [-0.4, -0.2) is 27.5 Å². The second-order valence-electron chi connectivity index (χ2n) is 4.10. The number of aryl methyl sites for hydroxylation is 1. The summed E-state index contributed by atoms with van der Waals surface area (Å²) in [7, 11) is 0. The quantitative estimate of drug-likeness (QED) is 0.660. The number of thioether (sulfide) groups is 1. The fourth-order valence-corrected chi connectivity index (χ4v) is 3.13. The molecule has 1 unspecified atom stereocenters. The van der Waals surface area contributed by atoms with Crippen molar-refractivity contribution in [2.75, 3.05) is 17.6 Å². The third-order valence-corrected chi connectivity index (χ3v) is 4.23. The Bertz CT molecular complexity index is 419. The predicted molar refractivity (Wildman–Crippen MR) is 69.6 cm³/mol. The number of nitrogens with zero attached hydrogens (tertiary/aromatic N) is 2. The minimum atomic E-state index is -0.369. The lowest BCUT2D eigenvalue weighted by atomic mass is 10.2. The lowest BCUT2D eigenvalue weighted by molar-refractivity contribution is -0.384. The SMILES string of the molecule is Cc1ccnc(NCC2CCCS2)c1[N+](=O)[O-]. The fourth-order valence-electron chi connectivity index (χ4n) is 1.93. The Labute approximate surface area is 104 Å². The van der Waals surface area contributed by atoms with Gasteiger partial charge in [0.1, 0.15) is 0 Å². The average Bonchev–Trinajstić information content (AvgIpc) is 2.78. The van der Waals surface area contributed by atoms with Gasteiger partial charge in [-0.1, -0.05) is 0 Å². The molecule has 92 valence electrons. The molecule has 1 aromatic rings. The highest BCUT2D eigenvalue weighted by Crippen LogP contribution is 2.29. The van der Waals surface area contributed by atoms with Gasteiger partial charge >= 0.3 is 5.69 Å². The third kappa shape index (κ3) is 2.88. The molecule has 2 heterocycles. The molecule has 6 heteroatoms. The first-order chi connectivity index (χ1) is 8.18. The Morgan fingerprint density at radius 2 is 2.53 bits per heavy atom. The highest BCUT2D eigenvalue weighted by Gasteiger charge is 2.20. The maximum atomic E-state index is 11.0. The van der Waals surface area contributed by atoms with E-state index in [0.717, 1.165) is 6.54 Å². The molecular formula is C11H15N3O2S. The van der Waals surface area contributed by atoms with Crippen LogP contribution in [0.1, 0.15) is 18.4 Å². The smallest absolute Gasteiger partial charge is 0.314 e. The van der Waals surface area contributed by atoms with Crippen LogP contribution in [0.15, 0.2) is 12.3 Å². The number of nitrogens with one attached hydrogen (secondary N) is 1. The Hall–Kier alpha value is -1.30. The molecule has 0 aromatic carbocycles. The van der Waals surface area contributed by atoms with Crippen molar-refractivity contribution in [3.8, 4) is 0 Å². The summed E-state index contributed by atoms with van der Waals surface area (Å²) < 4.78 is 0. The molecule has 1 aliphatic rings. The van der Waals surface area contributed by atoms with Crippen molar-refractivity contribution in [1.82, 2.24) is 4.98 Å². The minimum absolute atomic E-state index is 0.0931. The Kier molecular flexibility index (Phi) is 3.83. The van der Waals surface area contributed by atoms with Gasteiger partial charge in [-0.05, 0) is 31.6 Å². The van der Waals surface area contributed by atoms with Gasteiger partial charge in [-0.25, -0.2) is 4.98 Å². The lowest BCUT2D eigenvalue weighted by Gasteiger charge is -2.11. The molecule has 1 fully saturated rings. The van der Waals surface area contributed by atoms with E-state index in [-0.39, 0.29) is 10.6 Å². The van der Waals surface area contributed by atoms with E-state index in [1.54, 1.807) is 19.2 Å². The number of hydrogen-bond acceptors (Lipinski definition) is 5. The first-order valence-electron chi connectivity index (χ1n) is 5.64. The van der Waals surface area contributed by atoms with Gasteiger partial charge in [-0.3, -0.25) is 10.1 Å². The van der Waals surface area contributed by atoms with E-state index in [1.165, 1.54) is 18.6 Å². The highest BCUT2D eigenvalue weighted by atomic mass is 32.2. The molecule has 17 heavy (non-hydrogen) atoms. The van der Waals surface area contributed by atoms with Gasteiger partial charge in [-0.15, -0.1) is 0 Å². The molecular weight excluding hydrogens is 238 g/mol. The molecule has 1 aliphatic heterocycles. The molecule has 0 aliphatic carbocycles. The Morgan fingerprint density at radius 1 is 1.71 bits per heavy atom. The van der Waals surface area contributed by atoms with Crippen LogP contribution in [0, 0.1) is 17.0 Å². The monoisotopic (exact) mass is 253 g/mol. The molecule has 0 saturated carbocycles. The number of anilines is 1. The standard InChI is InChI=1S/C11H15N3O2S/c1-8-4-5-12-11(10(8)14(15)16)13-7-9-3-2-6-17-9/h4-5,9H,2-3,6-7H2,1H3,(H,12,13).